The van der Waals surface area contributed by atoms with Crippen molar-refractivity contribution in [3.8, 4) is 0 Å². The predicted molar refractivity (Wildman–Crippen MR) is 76.8 cm³/mol. The standard InChI is InChI=1S/C13H20N4O3S/c1-9-12-14-7-11(8-15-13(18)10-3-4-10)16(12)5-6-17(9)21(2,19)20/h7,9-10H,3-6,8H2,1-2H3,(H,15,18). The van der Waals surface area contributed by atoms with Gasteiger partial charge in [-0.15, -0.1) is 0 Å². The van der Waals surface area contributed by atoms with E-state index in [1.54, 1.807) is 6.20 Å². The van der Waals surface area contributed by atoms with Crippen molar-refractivity contribution in [2.75, 3.05) is 12.8 Å². The number of hydrogen-bond acceptors (Lipinski definition) is 4. The molecule has 0 aromatic carbocycles. The van der Waals surface area contributed by atoms with Crippen LogP contribution in [0.2, 0.25) is 0 Å². The van der Waals surface area contributed by atoms with Crippen molar-refractivity contribution in [1.82, 2.24) is 19.2 Å². The number of fused-ring (bicyclic) bond motifs is 1. The smallest absolute Gasteiger partial charge is 0.223 e. The van der Waals surface area contributed by atoms with Crippen molar-refractivity contribution < 1.29 is 13.2 Å². The molecule has 7 nitrogen and oxygen atoms in total. The largest absolute Gasteiger partial charge is 0.350 e. The summed E-state index contributed by atoms with van der Waals surface area (Å²) in [5, 5.41) is 2.92. The number of amides is 1. The van der Waals surface area contributed by atoms with Crippen molar-refractivity contribution in [3.63, 3.8) is 0 Å². The molecule has 2 aliphatic rings. The fourth-order valence-electron chi connectivity index (χ4n) is 2.80. The van der Waals surface area contributed by atoms with E-state index in [0.717, 1.165) is 24.4 Å². The lowest BCUT2D eigenvalue weighted by molar-refractivity contribution is -0.122. The molecule has 1 aromatic rings. The van der Waals surface area contributed by atoms with E-state index in [-0.39, 0.29) is 17.9 Å². The average molecular weight is 312 g/mol. The Morgan fingerprint density at radius 2 is 2.14 bits per heavy atom. The topological polar surface area (TPSA) is 84.3 Å². The van der Waals surface area contributed by atoms with Gasteiger partial charge in [0, 0.05) is 19.0 Å². The highest BCUT2D eigenvalue weighted by Crippen LogP contribution is 2.29. The first-order valence-electron chi connectivity index (χ1n) is 7.16. The summed E-state index contributed by atoms with van der Waals surface area (Å²) in [6.07, 6.45) is 4.91. The van der Waals surface area contributed by atoms with E-state index in [1.807, 2.05) is 11.5 Å². The Hall–Kier alpha value is -1.41. The van der Waals surface area contributed by atoms with Gasteiger partial charge in [-0.25, -0.2) is 13.4 Å². The molecule has 2 heterocycles. The Labute approximate surface area is 124 Å². The van der Waals surface area contributed by atoms with Gasteiger partial charge in [-0.3, -0.25) is 4.79 Å². The number of sulfonamides is 1. The Balaban J connectivity index is 1.74. The summed E-state index contributed by atoms with van der Waals surface area (Å²) in [4.78, 5) is 16.0. The van der Waals surface area contributed by atoms with Crippen molar-refractivity contribution in [3.05, 3.63) is 17.7 Å². The molecule has 1 saturated carbocycles. The quantitative estimate of drug-likeness (QED) is 0.863. The monoisotopic (exact) mass is 312 g/mol. The number of carbonyl (C=O) groups is 1. The van der Waals surface area contributed by atoms with Crippen LogP contribution in [0.15, 0.2) is 6.20 Å². The first-order chi connectivity index (χ1) is 9.88. The summed E-state index contributed by atoms with van der Waals surface area (Å²) in [6.45, 7) is 3.30. The molecular weight excluding hydrogens is 292 g/mol. The lowest BCUT2D eigenvalue weighted by Gasteiger charge is -2.32. The molecule has 0 radical (unpaired) electrons. The molecule has 8 heteroatoms. The highest BCUT2D eigenvalue weighted by atomic mass is 32.2. The van der Waals surface area contributed by atoms with E-state index in [4.69, 9.17) is 0 Å². The number of hydrogen-bond donors (Lipinski definition) is 1. The summed E-state index contributed by atoms with van der Waals surface area (Å²) in [5.41, 5.74) is 0.930. The van der Waals surface area contributed by atoms with Crippen molar-refractivity contribution in [2.24, 2.45) is 5.92 Å². The lowest BCUT2D eigenvalue weighted by atomic mass is 10.2. The van der Waals surface area contributed by atoms with Crippen LogP contribution in [-0.2, 0) is 27.9 Å². The number of imidazole rings is 1. The number of carbonyl (C=O) groups excluding carboxylic acids is 1. The maximum absolute atomic E-state index is 11.7. The lowest BCUT2D eigenvalue weighted by Crippen LogP contribution is -2.41. The molecule has 1 unspecified atom stereocenters. The van der Waals surface area contributed by atoms with Gasteiger partial charge in [-0.1, -0.05) is 0 Å². The molecule has 21 heavy (non-hydrogen) atoms. The minimum Gasteiger partial charge on any atom is -0.350 e. The predicted octanol–water partition coefficient (Wildman–Crippen LogP) is 0.246. The van der Waals surface area contributed by atoms with Crippen LogP contribution in [-0.4, -0.2) is 41.0 Å². The third kappa shape index (κ3) is 2.82. The molecule has 0 saturated heterocycles. The average Bonchev–Trinajstić information content (AvgIpc) is 3.16. The molecule has 1 N–H and O–H groups in total. The minimum atomic E-state index is -3.23. The van der Waals surface area contributed by atoms with Crippen LogP contribution in [0, 0.1) is 5.92 Å². The number of nitrogens with one attached hydrogen (secondary N) is 1. The van der Waals surface area contributed by atoms with Gasteiger partial charge in [0.25, 0.3) is 0 Å². The summed E-state index contributed by atoms with van der Waals surface area (Å²) in [6, 6.07) is -0.276. The SMILES string of the molecule is CC1c2ncc(CNC(=O)C3CC3)n2CCN1S(C)(=O)=O. The fraction of sp³-hybridized carbons (Fsp3) is 0.692. The first kappa shape index (κ1) is 14.5. The maximum atomic E-state index is 11.7. The molecule has 1 aromatic heterocycles. The molecule has 1 atom stereocenters. The third-order valence-electron chi connectivity index (χ3n) is 4.14. The first-order valence-corrected chi connectivity index (χ1v) is 9.01. The van der Waals surface area contributed by atoms with Crippen LogP contribution < -0.4 is 5.32 Å². The normalized spacial score (nSPS) is 22.9. The Kier molecular flexibility index (Phi) is 3.53. The second kappa shape index (κ2) is 5.10. The second-order valence-corrected chi connectivity index (χ2v) is 7.74. The van der Waals surface area contributed by atoms with Gasteiger partial charge in [-0.05, 0) is 19.8 Å². The van der Waals surface area contributed by atoms with Gasteiger partial charge in [-0.2, -0.15) is 4.31 Å². The van der Waals surface area contributed by atoms with E-state index in [2.05, 4.69) is 10.3 Å². The molecule has 1 aliphatic carbocycles. The highest BCUT2D eigenvalue weighted by molar-refractivity contribution is 7.88. The number of rotatable bonds is 4. The molecule has 1 aliphatic heterocycles. The van der Waals surface area contributed by atoms with Gasteiger partial charge in [0.2, 0.25) is 15.9 Å². The zero-order valence-electron chi connectivity index (χ0n) is 12.2. The van der Waals surface area contributed by atoms with Gasteiger partial charge in [0.15, 0.2) is 0 Å². The molecule has 116 valence electrons. The summed E-state index contributed by atoms with van der Waals surface area (Å²) < 4.78 is 27.0. The molecule has 0 spiro atoms. The third-order valence-corrected chi connectivity index (χ3v) is 5.49. The molecule has 1 fully saturated rings. The fourth-order valence-corrected chi connectivity index (χ4v) is 3.88. The Morgan fingerprint density at radius 1 is 1.43 bits per heavy atom. The van der Waals surface area contributed by atoms with Gasteiger partial charge >= 0.3 is 0 Å². The molecular formula is C13H20N4O3S. The number of nitrogens with zero attached hydrogens (tertiary/aromatic N) is 3. The Bertz CT molecular complexity index is 663. The molecule has 3 rings (SSSR count). The van der Waals surface area contributed by atoms with E-state index in [0.29, 0.717) is 19.6 Å². The maximum Gasteiger partial charge on any atom is 0.223 e. The molecule has 0 bridgehead atoms. The zero-order valence-corrected chi connectivity index (χ0v) is 13.1. The van der Waals surface area contributed by atoms with Crippen LogP contribution >= 0.6 is 0 Å². The minimum absolute atomic E-state index is 0.104. The van der Waals surface area contributed by atoms with Crippen LogP contribution in [0.25, 0.3) is 0 Å². The van der Waals surface area contributed by atoms with E-state index >= 15 is 0 Å². The van der Waals surface area contributed by atoms with Gasteiger partial charge < -0.3 is 9.88 Å². The summed E-state index contributed by atoms with van der Waals surface area (Å²) in [7, 11) is -3.23. The molecule has 1 amide bonds. The van der Waals surface area contributed by atoms with Crippen LogP contribution in [0.3, 0.4) is 0 Å². The van der Waals surface area contributed by atoms with Crippen molar-refractivity contribution in [2.45, 2.75) is 38.9 Å². The van der Waals surface area contributed by atoms with Gasteiger partial charge in [0.1, 0.15) is 5.82 Å². The highest BCUT2D eigenvalue weighted by Gasteiger charge is 2.33. The number of aromatic nitrogens is 2. The van der Waals surface area contributed by atoms with Crippen LogP contribution in [0.1, 0.15) is 37.3 Å². The zero-order chi connectivity index (χ0) is 15.2. The van der Waals surface area contributed by atoms with Gasteiger partial charge in [0.05, 0.1) is 30.7 Å². The van der Waals surface area contributed by atoms with Crippen molar-refractivity contribution in [1.29, 1.82) is 0 Å². The van der Waals surface area contributed by atoms with Crippen LogP contribution in [0.4, 0.5) is 0 Å². The van der Waals surface area contributed by atoms with E-state index in [9.17, 15) is 13.2 Å². The van der Waals surface area contributed by atoms with Crippen LogP contribution in [0.5, 0.6) is 0 Å². The van der Waals surface area contributed by atoms with E-state index in [1.165, 1.54) is 10.6 Å². The van der Waals surface area contributed by atoms with Crippen molar-refractivity contribution >= 4 is 15.9 Å². The summed E-state index contributed by atoms with van der Waals surface area (Å²) in [5.74, 6) is 1.03. The Morgan fingerprint density at radius 3 is 2.76 bits per heavy atom. The van der Waals surface area contributed by atoms with E-state index < -0.39 is 10.0 Å². The second-order valence-electron chi connectivity index (χ2n) is 5.80. The summed E-state index contributed by atoms with van der Waals surface area (Å²) >= 11 is 0.